The Morgan fingerprint density at radius 2 is 0.518 bits per heavy atom. The summed E-state index contributed by atoms with van der Waals surface area (Å²) in [5, 5.41) is 23.9. The van der Waals surface area contributed by atoms with Gasteiger partial charge in [0.2, 0.25) is 0 Å². The third kappa shape index (κ3) is 9.63. The van der Waals surface area contributed by atoms with E-state index in [9.17, 15) is 10.0 Å². The average Bonchev–Trinajstić information content (AvgIpc) is 1.50. The molecule has 24 rings (SSSR count). The molecule has 2 atom stereocenters. The van der Waals surface area contributed by atoms with Crippen LogP contribution in [0.3, 0.4) is 0 Å². The predicted octanol–water partition coefficient (Wildman–Crippen LogP) is 26.4. The number of rotatable bonds is 8. The van der Waals surface area contributed by atoms with E-state index in [0.29, 0.717) is 5.46 Å². The van der Waals surface area contributed by atoms with Gasteiger partial charge in [0, 0.05) is 38.6 Å². The Labute approximate surface area is 659 Å². The molecular formula is C106H68BBrN2O2. The lowest BCUT2D eigenvalue weighted by molar-refractivity contribution is 0.426. The normalized spacial score (nSPS) is 14.8. The fraction of sp³-hybridized carbons (Fsp3) is 0.0189. The molecule has 112 heavy (non-hydrogen) atoms. The first-order valence-corrected chi connectivity index (χ1v) is 39.2. The summed E-state index contributed by atoms with van der Waals surface area (Å²) in [7, 11) is -1.45. The third-order valence-electron chi connectivity index (χ3n) is 24.4. The van der Waals surface area contributed by atoms with Crippen molar-refractivity contribution in [3.63, 3.8) is 0 Å². The molecule has 6 heteroatoms. The number of anilines is 6. The second kappa shape index (κ2) is 25.8. The zero-order valence-electron chi connectivity index (χ0n) is 60.8. The minimum atomic E-state index is -1.45. The van der Waals surface area contributed by atoms with E-state index in [-0.39, 0.29) is 5.41 Å². The number of fused-ring (bicyclic) bond motifs is 28. The van der Waals surface area contributed by atoms with Crippen molar-refractivity contribution in [2.75, 3.05) is 9.80 Å². The first kappa shape index (κ1) is 65.6. The first-order chi connectivity index (χ1) is 55.3. The maximum absolute atomic E-state index is 9.23. The van der Waals surface area contributed by atoms with E-state index in [0.717, 1.165) is 38.6 Å². The van der Waals surface area contributed by atoms with Gasteiger partial charge in [-0.1, -0.05) is 313 Å². The van der Waals surface area contributed by atoms with Crippen LogP contribution in [0.4, 0.5) is 34.1 Å². The second-order valence-electron chi connectivity index (χ2n) is 29.9. The Kier molecular flexibility index (Phi) is 15.1. The number of hydrogen-bond acceptors (Lipinski definition) is 4. The van der Waals surface area contributed by atoms with E-state index in [1.165, 1.54) is 166 Å². The molecule has 0 saturated heterocycles. The van der Waals surface area contributed by atoms with Crippen LogP contribution in [-0.2, 0) is 10.8 Å². The molecule has 6 aliphatic rings. The molecule has 2 N–H and O–H groups in total. The lowest BCUT2D eigenvalue weighted by Gasteiger charge is -2.31. The van der Waals surface area contributed by atoms with Crippen LogP contribution in [0.25, 0.3) is 122 Å². The summed E-state index contributed by atoms with van der Waals surface area (Å²) in [5.74, 6) is 0. The molecule has 0 radical (unpaired) electrons. The Balaban J connectivity index is 0.000000114. The van der Waals surface area contributed by atoms with Crippen molar-refractivity contribution in [2.45, 2.75) is 10.8 Å². The van der Waals surface area contributed by atoms with Gasteiger partial charge in [0.05, 0.1) is 10.8 Å². The van der Waals surface area contributed by atoms with Crippen molar-refractivity contribution < 1.29 is 10.0 Å². The van der Waals surface area contributed by atoms with Crippen LogP contribution in [0.5, 0.6) is 0 Å². The SMILES string of the molecule is Brc1ccc2c(c1)C1(c3ccccc3-2)c2ccccc2-c2c1cc1c3c(cccc23)-c2ccccc2-1.OB(O)c1ccc(N(c2ccccc2)c2ccccc2)cc1.c1ccc(N(c2ccccc2)c2ccc(-c3ccc4c(c3)C3(c5ccccc5-4)c4ccccc4-c4c3cc3c5c(cccc45)-c4ccccc4-3)cc2)cc1. The van der Waals surface area contributed by atoms with Crippen LogP contribution in [0.15, 0.2) is 405 Å². The van der Waals surface area contributed by atoms with Crippen molar-refractivity contribution >= 4 is 84.2 Å². The minimum absolute atomic E-state index is 0.333. The van der Waals surface area contributed by atoms with Crippen molar-refractivity contribution in [1.82, 2.24) is 0 Å². The summed E-state index contributed by atoms with van der Waals surface area (Å²) in [4.78, 5) is 4.44. The van der Waals surface area contributed by atoms with E-state index in [1.807, 2.05) is 72.8 Å². The highest BCUT2D eigenvalue weighted by atomic mass is 79.9. The Morgan fingerprint density at radius 3 is 0.929 bits per heavy atom. The highest BCUT2D eigenvalue weighted by Crippen LogP contribution is 2.68. The minimum Gasteiger partial charge on any atom is -0.423 e. The van der Waals surface area contributed by atoms with Crippen LogP contribution in [0, 0.1) is 0 Å². The monoisotopic (exact) mass is 1490 g/mol. The van der Waals surface area contributed by atoms with Crippen LogP contribution in [-0.4, -0.2) is 17.2 Å². The van der Waals surface area contributed by atoms with Gasteiger partial charge in [-0.3, -0.25) is 0 Å². The van der Waals surface area contributed by atoms with Gasteiger partial charge in [0.25, 0.3) is 0 Å². The van der Waals surface area contributed by atoms with Gasteiger partial charge in [-0.05, 0) is 275 Å². The van der Waals surface area contributed by atoms with Gasteiger partial charge in [-0.15, -0.1) is 0 Å². The highest BCUT2D eigenvalue weighted by molar-refractivity contribution is 9.10. The molecule has 524 valence electrons. The van der Waals surface area contributed by atoms with E-state index in [2.05, 4.69) is 341 Å². The number of nitrogens with zero attached hydrogens (tertiary/aromatic N) is 2. The quantitative estimate of drug-likeness (QED) is 0.149. The summed E-state index contributed by atoms with van der Waals surface area (Å²) in [6.07, 6.45) is 0. The zero-order chi connectivity index (χ0) is 74.3. The topological polar surface area (TPSA) is 46.9 Å². The van der Waals surface area contributed by atoms with Crippen molar-refractivity contribution in [2.24, 2.45) is 0 Å². The molecule has 0 heterocycles. The molecule has 6 aliphatic carbocycles. The fourth-order valence-electron chi connectivity index (χ4n) is 19.9. The van der Waals surface area contributed by atoms with Crippen molar-refractivity contribution in [3.05, 3.63) is 449 Å². The molecule has 18 aromatic rings. The van der Waals surface area contributed by atoms with Gasteiger partial charge < -0.3 is 19.8 Å². The lowest BCUT2D eigenvalue weighted by Crippen LogP contribution is -2.29. The third-order valence-corrected chi connectivity index (χ3v) is 24.9. The van der Waals surface area contributed by atoms with E-state index < -0.39 is 12.5 Å². The lowest BCUT2D eigenvalue weighted by atomic mass is 9.69. The van der Waals surface area contributed by atoms with Crippen molar-refractivity contribution in [1.29, 1.82) is 0 Å². The van der Waals surface area contributed by atoms with Crippen LogP contribution in [0.1, 0.15) is 44.5 Å². The van der Waals surface area contributed by atoms with E-state index in [4.69, 9.17) is 0 Å². The number of para-hydroxylation sites is 4. The van der Waals surface area contributed by atoms with Gasteiger partial charge in [0.1, 0.15) is 0 Å². The molecular weight excluding hydrogens is 1420 g/mol. The van der Waals surface area contributed by atoms with Gasteiger partial charge in [0.15, 0.2) is 0 Å². The number of benzene rings is 18. The molecule has 2 spiro atoms. The standard InChI is InChI=1S/C53H33N.C35H19Br.C18H16BNO2/c1-3-14-36(15-4-1)54(37-16-5-2-6-17-37)38-29-26-34(27-30-38)35-28-31-42-41-20-9-11-24-47(41)53(49(42)32-35)48-25-12-10-21-44(48)52-45-23-13-22-43-39-18-7-8-19-40(39)46(51(43)45)33-50(52)53;36-20-16-17-24-23-10-3-5-14-29(23)35(31(24)18-20)30-15-6-4-11-26(30)34-27-13-7-12-25-21-8-1-2-9-22(21)28(33(25)27)19-32(34)35;21-19(22)15-11-13-18(14-12-15)20(16-7-3-1-4-8-16)17-9-5-2-6-10-17/h1-33H;1-19H;1-14,21-22H. The van der Waals surface area contributed by atoms with Gasteiger partial charge >= 0.3 is 7.12 Å². The van der Waals surface area contributed by atoms with Crippen LogP contribution < -0.4 is 15.3 Å². The Hall–Kier alpha value is -13.5. The Bertz CT molecular complexity index is 6790. The molecule has 0 aromatic heterocycles. The maximum atomic E-state index is 9.23. The van der Waals surface area contributed by atoms with Gasteiger partial charge in [-0.2, -0.15) is 0 Å². The molecule has 0 saturated carbocycles. The average molecular weight is 1490 g/mol. The van der Waals surface area contributed by atoms with Crippen LogP contribution >= 0.6 is 15.9 Å². The van der Waals surface area contributed by atoms with Crippen molar-refractivity contribution in [3.8, 4) is 100 Å². The largest absolute Gasteiger partial charge is 0.488 e. The predicted molar refractivity (Wildman–Crippen MR) is 468 cm³/mol. The molecule has 0 bridgehead atoms. The van der Waals surface area contributed by atoms with E-state index >= 15 is 0 Å². The van der Waals surface area contributed by atoms with Crippen LogP contribution in [0.2, 0.25) is 0 Å². The first-order valence-electron chi connectivity index (χ1n) is 38.5. The zero-order valence-corrected chi connectivity index (χ0v) is 62.4. The summed E-state index contributed by atoms with van der Waals surface area (Å²) in [6.45, 7) is 0. The summed E-state index contributed by atoms with van der Waals surface area (Å²) >= 11 is 3.82. The molecule has 0 amide bonds. The maximum Gasteiger partial charge on any atom is 0.488 e. The summed E-state index contributed by atoms with van der Waals surface area (Å²) < 4.78 is 1.12. The smallest absolute Gasteiger partial charge is 0.423 e. The van der Waals surface area contributed by atoms with Gasteiger partial charge in [-0.25, -0.2) is 0 Å². The molecule has 18 aromatic carbocycles. The highest BCUT2D eigenvalue weighted by Gasteiger charge is 2.55. The second-order valence-corrected chi connectivity index (χ2v) is 30.8. The molecule has 2 unspecified atom stereocenters. The summed E-state index contributed by atoms with van der Waals surface area (Å²) in [5.41, 5.74) is 41.2. The molecule has 0 aliphatic heterocycles. The number of hydrogen-bond donors (Lipinski definition) is 2. The van der Waals surface area contributed by atoms with E-state index in [1.54, 1.807) is 12.1 Å². The molecule has 0 fully saturated rings. The summed E-state index contributed by atoms with van der Waals surface area (Å²) in [6, 6.07) is 145. The molecule has 4 nitrogen and oxygen atoms in total. The fourth-order valence-corrected chi connectivity index (χ4v) is 20.3. The Morgan fingerprint density at radius 1 is 0.214 bits per heavy atom. The number of halogens is 1.